The molecule has 0 saturated carbocycles. The molecule has 0 bridgehead atoms. The van der Waals surface area contributed by atoms with E-state index >= 15 is 0 Å². The topological polar surface area (TPSA) is 75.8 Å². The summed E-state index contributed by atoms with van der Waals surface area (Å²) in [5, 5.41) is 9.56. The summed E-state index contributed by atoms with van der Waals surface area (Å²) in [6.45, 7) is 7.28. The first-order valence-electron chi connectivity index (χ1n) is 6.68. The average Bonchev–Trinajstić information content (AvgIpc) is 2.27. The van der Waals surface area contributed by atoms with E-state index in [1.807, 2.05) is 20.8 Å². The number of aliphatic hydroxyl groups is 1. The number of hydrogen-bond acceptors (Lipinski definition) is 4. The van der Waals surface area contributed by atoms with Crippen LogP contribution in [0.15, 0.2) is 0 Å². The van der Waals surface area contributed by atoms with Gasteiger partial charge in [-0.1, -0.05) is 0 Å². The van der Waals surface area contributed by atoms with Crippen LogP contribution in [0.5, 0.6) is 0 Å². The molecule has 1 amide bonds. The molecule has 5 heteroatoms. The molecular formula is C13H26N2O3. The molecule has 0 aromatic heterocycles. The molecule has 2 unspecified atom stereocenters. The lowest BCUT2D eigenvalue weighted by Crippen LogP contribution is -2.43. The van der Waals surface area contributed by atoms with Gasteiger partial charge in [-0.25, -0.2) is 4.79 Å². The Morgan fingerprint density at radius 3 is 2.78 bits per heavy atom. The lowest BCUT2D eigenvalue weighted by atomic mass is 9.92. The van der Waals surface area contributed by atoms with Crippen molar-refractivity contribution in [2.45, 2.75) is 51.7 Å². The fourth-order valence-corrected chi connectivity index (χ4v) is 2.23. The predicted molar refractivity (Wildman–Crippen MR) is 70.2 cm³/mol. The first-order valence-corrected chi connectivity index (χ1v) is 6.68. The van der Waals surface area contributed by atoms with Gasteiger partial charge in [0.25, 0.3) is 0 Å². The summed E-state index contributed by atoms with van der Waals surface area (Å²) in [5.74, 6) is 0.324. The minimum atomic E-state index is -0.464. The second-order valence-corrected chi connectivity index (χ2v) is 6.06. The number of aliphatic hydroxyl groups excluding tert-OH is 1. The van der Waals surface area contributed by atoms with E-state index < -0.39 is 11.7 Å². The summed E-state index contributed by atoms with van der Waals surface area (Å²) in [7, 11) is 0. The van der Waals surface area contributed by atoms with Crippen LogP contribution in [0.4, 0.5) is 4.79 Å². The first kappa shape index (κ1) is 15.2. The molecule has 1 rings (SSSR count). The van der Waals surface area contributed by atoms with E-state index in [2.05, 4.69) is 0 Å². The molecule has 1 aliphatic heterocycles. The van der Waals surface area contributed by atoms with Gasteiger partial charge in [-0.05, 0) is 46.0 Å². The second kappa shape index (κ2) is 6.38. The van der Waals surface area contributed by atoms with E-state index in [0.717, 1.165) is 19.4 Å². The Labute approximate surface area is 109 Å². The van der Waals surface area contributed by atoms with Crippen LogP contribution in [-0.2, 0) is 4.74 Å². The van der Waals surface area contributed by atoms with Crippen molar-refractivity contribution in [3.05, 3.63) is 0 Å². The van der Waals surface area contributed by atoms with Gasteiger partial charge in [-0.3, -0.25) is 0 Å². The Kier molecular flexibility index (Phi) is 5.41. The maximum atomic E-state index is 11.9. The summed E-state index contributed by atoms with van der Waals surface area (Å²) in [5.41, 5.74) is 4.95. The Morgan fingerprint density at radius 1 is 1.56 bits per heavy atom. The minimum Gasteiger partial charge on any atom is -0.444 e. The van der Waals surface area contributed by atoms with Crippen molar-refractivity contribution < 1.29 is 14.6 Å². The highest BCUT2D eigenvalue weighted by atomic mass is 16.6. The monoisotopic (exact) mass is 258 g/mol. The van der Waals surface area contributed by atoms with Crippen molar-refractivity contribution >= 4 is 6.09 Å². The lowest BCUT2D eigenvalue weighted by molar-refractivity contribution is 0.0131. The zero-order chi connectivity index (χ0) is 13.8. The quantitative estimate of drug-likeness (QED) is 0.801. The first-order chi connectivity index (χ1) is 8.31. The van der Waals surface area contributed by atoms with Crippen molar-refractivity contribution in [3.8, 4) is 0 Å². The molecule has 1 heterocycles. The Bertz CT molecular complexity index is 276. The number of nitrogens with two attached hydrogens (primary N) is 1. The largest absolute Gasteiger partial charge is 0.444 e. The van der Waals surface area contributed by atoms with Crippen molar-refractivity contribution in [2.24, 2.45) is 11.7 Å². The van der Waals surface area contributed by atoms with Gasteiger partial charge in [0.05, 0.1) is 6.10 Å². The number of carbonyl (C=O) groups is 1. The summed E-state index contributed by atoms with van der Waals surface area (Å²) in [6.07, 6.45) is 1.94. The van der Waals surface area contributed by atoms with E-state index in [4.69, 9.17) is 10.5 Å². The van der Waals surface area contributed by atoms with Gasteiger partial charge in [0.1, 0.15) is 5.60 Å². The van der Waals surface area contributed by atoms with Crippen LogP contribution in [0, 0.1) is 5.92 Å². The Morgan fingerprint density at radius 2 is 2.22 bits per heavy atom. The number of nitrogens with zero attached hydrogens (tertiary/aromatic N) is 1. The van der Waals surface area contributed by atoms with Crippen LogP contribution in [0.25, 0.3) is 0 Å². The summed E-state index contributed by atoms with van der Waals surface area (Å²) < 4.78 is 5.36. The second-order valence-electron chi connectivity index (χ2n) is 6.06. The Hall–Kier alpha value is -0.810. The molecule has 1 saturated heterocycles. The van der Waals surface area contributed by atoms with Gasteiger partial charge in [0, 0.05) is 19.6 Å². The molecule has 0 aromatic carbocycles. The van der Waals surface area contributed by atoms with Crippen molar-refractivity contribution in [3.63, 3.8) is 0 Å². The molecule has 5 nitrogen and oxygen atoms in total. The van der Waals surface area contributed by atoms with E-state index in [1.54, 1.807) is 4.90 Å². The van der Waals surface area contributed by atoms with Gasteiger partial charge in [0.2, 0.25) is 0 Å². The van der Waals surface area contributed by atoms with E-state index in [1.165, 1.54) is 0 Å². The summed E-state index contributed by atoms with van der Waals surface area (Å²) in [4.78, 5) is 13.7. The predicted octanol–water partition coefficient (Wildman–Crippen LogP) is 1.34. The number of carbonyl (C=O) groups excluding carboxylic acids is 1. The third kappa shape index (κ3) is 5.23. The van der Waals surface area contributed by atoms with Crippen LogP contribution >= 0.6 is 0 Å². The Balaban J connectivity index is 2.45. The van der Waals surface area contributed by atoms with E-state index in [-0.39, 0.29) is 12.6 Å². The van der Waals surface area contributed by atoms with Crippen LogP contribution in [0.2, 0.25) is 0 Å². The number of rotatable bonds is 3. The molecule has 0 aliphatic carbocycles. The molecule has 0 aromatic rings. The van der Waals surface area contributed by atoms with Crippen molar-refractivity contribution in [1.82, 2.24) is 4.90 Å². The van der Waals surface area contributed by atoms with Crippen LogP contribution in [0.3, 0.4) is 0 Å². The van der Waals surface area contributed by atoms with Crippen molar-refractivity contribution in [1.29, 1.82) is 0 Å². The zero-order valence-electron chi connectivity index (χ0n) is 11.7. The summed E-state index contributed by atoms with van der Waals surface area (Å²) >= 11 is 0. The number of hydrogen-bond donors (Lipinski definition) is 2. The number of amides is 1. The minimum absolute atomic E-state index is 0.255. The van der Waals surface area contributed by atoms with Gasteiger partial charge in [-0.15, -0.1) is 0 Å². The lowest BCUT2D eigenvalue weighted by Gasteiger charge is -2.34. The molecule has 1 fully saturated rings. The van der Waals surface area contributed by atoms with Gasteiger partial charge in [-0.2, -0.15) is 0 Å². The fraction of sp³-hybridized carbons (Fsp3) is 0.923. The van der Waals surface area contributed by atoms with Gasteiger partial charge < -0.3 is 20.5 Å². The molecule has 2 atom stereocenters. The molecule has 106 valence electrons. The maximum Gasteiger partial charge on any atom is 0.410 e. The van der Waals surface area contributed by atoms with Crippen LogP contribution in [0.1, 0.15) is 40.0 Å². The van der Waals surface area contributed by atoms with Gasteiger partial charge >= 0.3 is 6.09 Å². The number of ether oxygens (including phenoxy) is 1. The highest BCUT2D eigenvalue weighted by Gasteiger charge is 2.28. The molecule has 0 spiro atoms. The van der Waals surface area contributed by atoms with E-state index in [9.17, 15) is 9.90 Å². The molecule has 18 heavy (non-hydrogen) atoms. The standard InChI is InChI=1S/C13H26N2O3/c1-13(2,3)18-12(17)15-6-4-5-10(9-15)7-11(16)8-14/h10-11,16H,4-9,14H2,1-3H3. The van der Waals surface area contributed by atoms with Crippen molar-refractivity contribution in [2.75, 3.05) is 19.6 Å². The average molecular weight is 258 g/mol. The number of likely N-dealkylation sites (tertiary alicyclic amines) is 1. The van der Waals surface area contributed by atoms with Crippen LogP contribution in [-0.4, -0.2) is 47.4 Å². The van der Waals surface area contributed by atoms with Crippen LogP contribution < -0.4 is 5.73 Å². The third-order valence-electron chi connectivity index (χ3n) is 3.05. The van der Waals surface area contributed by atoms with Gasteiger partial charge in [0.15, 0.2) is 0 Å². The highest BCUT2D eigenvalue weighted by molar-refractivity contribution is 5.68. The molecule has 1 aliphatic rings. The van der Waals surface area contributed by atoms with E-state index in [0.29, 0.717) is 18.9 Å². The normalized spacial score (nSPS) is 22.7. The SMILES string of the molecule is CC(C)(C)OC(=O)N1CCCC(CC(O)CN)C1. The molecular weight excluding hydrogens is 232 g/mol. The fourth-order valence-electron chi connectivity index (χ4n) is 2.23. The summed E-state index contributed by atoms with van der Waals surface area (Å²) in [6, 6.07) is 0. The maximum absolute atomic E-state index is 11.9. The molecule has 3 N–H and O–H groups in total. The highest BCUT2D eigenvalue weighted by Crippen LogP contribution is 2.22. The molecule has 0 radical (unpaired) electrons. The smallest absolute Gasteiger partial charge is 0.410 e. The zero-order valence-corrected chi connectivity index (χ0v) is 11.7. The number of piperidine rings is 1. The third-order valence-corrected chi connectivity index (χ3v) is 3.05.